The summed E-state index contributed by atoms with van der Waals surface area (Å²) in [6.45, 7) is 0. The van der Waals surface area contributed by atoms with E-state index in [1.54, 1.807) is 0 Å². The van der Waals surface area contributed by atoms with Crippen LogP contribution in [0.4, 0.5) is 3.89 Å². The van der Waals surface area contributed by atoms with Crippen molar-refractivity contribution in [3.63, 3.8) is 0 Å². The Morgan fingerprint density at radius 3 is 2.56 bits per heavy atom. The number of ether oxygens (including phenoxy) is 1. The lowest BCUT2D eigenvalue weighted by Crippen LogP contribution is -1.96. The standard InChI is InChI=1S/C8H5FO4S3/c1-13-7(10)5-2-4-3-6(16(9,11)12)15-8(4)14-5/h2-3H,1H3. The van der Waals surface area contributed by atoms with Crippen LogP contribution < -0.4 is 0 Å². The molecule has 2 aromatic heterocycles. The van der Waals surface area contributed by atoms with E-state index in [2.05, 4.69) is 4.74 Å². The van der Waals surface area contributed by atoms with Crippen molar-refractivity contribution in [2.24, 2.45) is 0 Å². The number of hydrogen-bond donors (Lipinski definition) is 0. The zero-order valence-electron chi connectivity index (χ0n) is 7.89. The zero-order chi connectivity index (χ0) is 11.9. The van der Waals surface area contributed by atoms with Gasteiger partial charge in [0, 0.05) is 5.39 Å². The zero-order valence-corrected chi connectivity index (χ0v) is 10.3. The van der Waals surface area contributed by atoms with E-state index in [0.29, 0.717) is 14.3 Å². The minimum absolute atomic E-state index is 0.342. The van der Waals surface area contributed by atoms with Crippen LogP contribution >= 0.6 is 22.7 Å². The summed E-state index contributed by atoms with van der Waals surface area (Å²) in [6, 6.07) is 2.69. The van der Waals surface area contributed by atoms with E-state index in [1.165, 1.54) is 19.2 Å². The molecular weight excluding hydrogens is 275 g/mol. The number of methoxy groups -OCH3 is 1. The summed E-state index contributed by atoms with van der Waals surface area (Å²) in [6.07, 6.45) is 0. The number of carbonyl (C=O) groups is 1. The first-order chi connectivity index (χ1) is 7.41. The fourth-order valence-electron chi connectivity index (χ4n) is 1.14. The average molecular weight is 280 g/mol. The largest absolute Gasteiger partial charge is 0.465 e. The first-order valence-electron chi connectivity index (χ1n) is 3.98. The normalized spacial score (nSPS) is 11.9. The molecule has 0 amide bonds. The van der Waals surface area contributed by atoms with E-state index in [4.69, 9.17) is 0 Å². The number of esters is 1. The Kier molecular flexibility index (Phi) is 2.72. The van der Waals surface area contributed by atoms with Gasteiger partial charge in [-0.15, -0.1) is 22.7 Å². The molecule has 0 fully saturated rings. The van der Waals surface area contributed by atoms with Crippen LogP contribution in [0.2, 0.25) is 0 Å². The molecule has 0 aliphatic carbocycles. The van der Waals surface area contributed by atoms with Gasteiger partial charge in [-0.25, -0.2) is 4.79 Å². The SMILES string of the molecule is COC(=O)c1cc2cc(S(=O)(=O)F)sc2s1. The number of fused-ring (bicyclic) bond motifs is 1. The summed E-state index contributed by atoms with van der Waals surface area (Å²) in [7, 11) is -3.41. The molecule has 0 aliphatic heterocycles. The van der Waals surface area contributed by atoms with Gasteiger partial charge in [0.2, 0.25) is 0 Å². The van der Waals surface area contributed by atoms with Gasteiger partial charge >= 0.3 is 16.2 Å². The molecule has 0 atom stereocenters. The summed E-state index contributed by atoms with van der Waals surface area (Å²) in [5.74, 6) is -0.488. The molecule has 0 spiro atoms. The Morgan fingerprint density at radius 2 is 2.06 bits per heavy atom. The summed E-state index contributed by atoms with van der Waals surface area (Å²) >= 11 is 1.88. The van der Waals surface area contributed by atoms with Crippen molar-refractivity contribution in [1.82, 2.24) is 0 Å². The predicted octanol–water partition coefficient (Wildman–Crippen LogP) is 2.41. The highest BCUT2D eigenvalue weighted by atomic mass is 32.3. The molecule has 0 saturated carbocycles. The minimum Gasteiger partial charge on any atom is -0.465 e. The number of hydrogen-bond acceptors (Lipinski definition) is 6. The Balaban J connectivity index is 2.53. The molecule has 2 heterocycles. The molecule has 2 rings (SSSR count). The fraction of sp³-hybridized carbons (Fsp3) is 0.125. The molecule has 86 valence electrons. The van der Waals surface area contributed by atoms with Crippen molar-refractivity contribution >= 4 is 48.3 Å². The second-order valence-corrected chi connectivity index (χ2v) is 6.79. The second-order valence-electron chi connectivity index (χ2n) is 2.85. The number of carbonyl (C=O) groups excluding carboxylic acids is 1. The van der Waals surface area contributed by atoms with Crippen LogP contribution in [0.15, 0.2) is 16.3 Å². The number of halogens is 1. The maximum absolute atomic E-state index is 12.7. The predicted molar refractivity (Wildman–Crippen MR) is 59.3 cm³/mol. The summed E-state index contributed by atoms with van der Waals surface area (Å²) in [5, 5.41) is 0.534. The van der Waals surface area contributed by atoms with Crippen LogP contribution in [0.1, 0.15) is 9.67 Å². The summed E-state index contributed by atoms with van der Waals surface area (Å²) < 4.78 is 38.7. The quantitative estimate of drug-likeness (QED) is 0.626. The van der Waals surface area contributed by atoms with Crippen molar-refractivity contribution in [2.75, 3.05) is 7.11 Å². The van der Waals surface area contributed by atoms with Crippen LogP contribution in [-0.2, 0) is 15.0 Å². The molecule has 0 N–H and O–H groups in total. The molecule has 2 aromatic rings. The van der Waals surface area contributed by atoms with E-state index >= 15 is 0 Å². The van der Waals surface area contributed by atoms with Gasteiger partial charge in [0.25, 0.3) is 0 Å². The molecule has 0 aromatic carbocycles. The van der Waals surface area contributed by atoms with Gasteiger partial charge in [0.1, 0.15) is 4.88 Å². The molecular formula is C8H5FO4S3. The van der Waals surface area contributed by atoms with Crippen molar-refractivity contribution in [3.05, 3.63) is 17.0 Å². The van der Waals surface area contributed by atoms with E-state index in [-0.39, 0.29) is 4.21 Å². The van der Waals surface area contributed by atoms with E-state index in [9.17, 15) is 17.1 Å². The summed E-state index contributed by atoms with van der Waals surface area (Å²) in [4.78, 5) is 11.5. The van der Waals surface area contributed by atoms with Gasteiger partial charge in [0.05, 0.1) is 11.1 Å². The van der Waals surface area contributed by atoms with E-state index in [0.717, 1.165) is 22.7 Å². The molecule has 8 heteroatoms. The van der Waals surface area contributed by atoms with Gasteiger partial charge in [-0.1, -0.05) is 3.89 Å². The van der Waals surface area contributed by atoms with E-state index < -0.39 is 16.2 Å². The molecule has 0 radical (unpaired) electrons. The number of thiophene rings is 2. The molecule has 4 nitrogen and oxygen atoms in total. The van der Waals surface area contributed by atoms with Crippen LogP contribution in [0, 0.1) is 0 Å². The molecule has 0 unspecified atom stereocenters. The third kappa shape index (κ3) is 1.95. The first-order valence-corrected chi connectivity index (χ1v) is 7.00. The Hall–Kier alpha value is -0.990. The molecule has 16 heavy (non-hydrogen) atoms. The highest BCUT2D eigenvalue weighted by Gasteiger charge is 2.19. The Morgan fingerprint density at radius 1 is 1.38 bits per heavy atom. The topological polar surface area (TPSA) is 60.4 Å². The Labute approximate surface area is 98.5 Å². The van der Waals surface area contributed by atoms with Crippen molar-refractivity contribution in [1.29, 1.82) is 0 Å². The van der Waals surface area contributed by atoms with Crippen molar-refractivity contribution < 1.29 is 21.8 Å². The second kappa shape index (κ2) is 3.79. The maximum atomic E-state index is 12.7. The number of rotatable bonds is 2. The highest BCUT2D eigenvalue weighted by Crippen LogP contribution is 2.36. The Bertz CT molecular complexity index is 620. The van der Waals surface area contributed by atoms with Crippen LogP contribution in [-0.4, -0.2) is 21.5 Å². The van der Waals surface area contributed by atoms with Gasteiger partial charge in [-0.05, 0) is 12.1 Å². The van der Waals surface area contributed by atoms with Crippen LogP contribution in [0.25, 0.3) is 9.40 Å². The smallest absolute Gasteiger partial charge is 0.348 e. The third-order valence-corrected chi connectivity index (χ3v) is 5.43. The lowest BCUT2D eigenvalue weighted by atomic mass is 10.4. The van der Waals surface area contributed by atoms with Crippen molar-refractivity contribution in [2.45, 2.75) is 4.21 Å². The van der Waals surface area contributed by atoms with Gasteiger partial charge in [-0.2, -0.15) is 8.42 Å². The third-order valence-electron chi connectivity index (χ3n) is 1.82. The minimum atomic E-state index is -4.66. The monoisotopic (exact) mass is 280 g/mol. The maximum Gasteiger partial charge on any atom is 0.348 e. The lowest BCUT2D eigenvalue weighted by Gasteiger charge is -1.91. The first kappa shape index (κ1) is 11.5. The molecule has 0 saturated heterocycles. The average Bonchev–Trinajstić information content (AvgIpc) is 2.71. The highest BCUT2D eigenvalue weighted by molar-refractivity contribution is 7.89. The lowest BCUT2D eigenvalue weighted by molar-refractivity contribution is 0.0606. The van der Waals surface area contributed by atoms with E-state index in [1.807, 2.05) is 0 Å². The molecule has 0 aliphatic rings. The van der Waals surface area contributed by atoms with Crippen molar-refractivity contribution in [3.8, 4) is 0 Å². The fourth-order valence-corrected chi connectivity index (χ4v) is 4.31. The van der Waals surface area contributed by atoms with Gasteiger partial charge in [-0.3, -0.25) is 0 Å². The van der Waals surface area contributed by atoms with Crippen LogP contribution in [0.3, 0.4) is 0 Å². The van der Waals surface area contributed by atoms with Gasteiger partial charge < -0.3 is 4.74 Å². The summed E-state index contributed by atoms with van der Waals surface area (Å²) in [5.41, 5.74) is 0. The van der Waals surface area contributed by atoms with Crippen LogP contribution in [0.5, 0.6) is 0 Å². The molecule has 0 bridgehead atoms. The van der Waals surface area contributed by atoms with Gasteiger partial charge in [0.15, 0.2) is 4.21 Å².